The molecule has 82 valence electrons. The number of hydrogen-bond acceptors (Lipinski definition) is 5. The van der Waals surface area contributed by atoms with E-state index in [1.807, 2.05) is 0 Å². The Bertz CT molecular complexity index is 321. The van der Waals surface area contributed by atoms with Crippen LogP contribution in [0, 0.1) is 11.8 Å². The SMILES string of the molecule is CP(=O)(O)OP(=O)(O)OCC#CCO. The highest BCUT2D eigenvalue weighted by Gasteiger charge is 2.29. The van der Waals surface area contributed by atoms with Gasteiger partial charge in [-0.05, 0) is 0 Å². The van der Waals surface area contributed by atoms with Crippen LogP contribution in [-0.4, -0.2) is 34.8 Å². The van der Waals surface area contributed by atoms with Gasteiger partial charge >= 0.3 is 15.4 Å². The van der Waals surface area contributed by atoms with Gasteiger partial charge in [0, 0.05) is 6.66 Å². The number of phosphoric ester groups is 1. The summed E-state index contributed by atoms with van der Waals surface area (Å²) in [5, 5.41) is 8.21. The topological polar surface area (TPSA) is 113 Å². The highest BCUT2D eigenvalue weighted by atomic mass is 31.3. The Morgan fingerprint density at radius 1 is 1.29 bits per heavy atom. The molecular formula is C5H10O7P2. The molecule has 0 rings (SSSR count). The third-order valence-electron chi connectivity index (χ3n) is 0.759. The van der Waals surface area contributed by atoms with E-state index in [4.69, 9.17) is 14.9 Å². The van der Waals surface area contributed by atoms with E-state index in [1.54, 1.807) is 0 Å². The van der Waals surface area contributed by atoms with Crippen LogP contribution in [0.15, 0.2) is 0 Å². The molecule has 0 radical (unpaired) electrons. The summed E-state index contributed by atoms with van der Waals surface area (Å²) in [5.41, 5.74) is 0. The maximum Gasteiger partial charge on any atom is 0.480 e. The molecule has 3 N–H and O–H groups in total. The van der Waals surface area contributed by atoms with E-state index in [9.17, 15) is 9.13 Å². The van der Waals surface area contributed by atoms with Crippen LogP contribution >= 0.6 is 15.4 Å². The molecule has 0 aliphatic carbocycles. The van der Waals surface area contributed by atoms with Crippen LogP contribution < -0.4 is 0 Å². The lowest BCUT2D eigenvalue weighted by Gasteiger charge is -2.11. The summed E-state index contributed by atoms with van der Waals surface area (Å²) in [6.07, 6.45) is 0. The highest BCUT2D eigenvalue weighted by Crippen LogP contribution is 2.57. The van der Waals surface area contributed by atoms with Gasteiger partial charge in [0.25, 0.3) is 0 Å². The first-order valence-electron chi connectivity index (χ1n) is 3.32. The van der Waals surface area contributed by atoms with Crippen LogP contribution in [0.4, 0.5) is 0 Å². The lowest BCUT2D eigenvalue weighted by molar-refractivity contribution is 0.216. The molecule has 0 aliphatic heterocycles. The maximum absolute atomic E-state index is 10.8. The van der Waals surface area contributed by atoms with Gasteiger partial charge in [-0.2, -0.15) is 0 Å². The molecule has 0 aromatic carbocycles. The van der Waals surface area contributed by atoms with Crippen molar-refractivity contribution in [2.45, 2.75) is 0 Å². The third kappa shape index (κ3) is 8.42. The van der Waals surface area contributed by atoms with Gasteiger partial charge in [-0.1, -0.05) is 11.8 Å². The van der Waals surface area contributed by atoms with E-state index >= 15 is 0 Å². The second-order valence-corrected chi connectivity index (χ2v) is 5.59. The summed E-state index contributed by atoms with van der Waals surface area (Å²) < 4.78 is 29.5. The molecule has 2 unspecified atom stereocenters. The predicted molar refractivity (Wildman–Crippen MR) is 47.5 cm³/mol. The molecule has 0 spiro atoms. The number of hydrogen-bond donors (Lipinski definition) is 3. The minimum atomic E-state index is -4.55. The predicted octanol–water partition coefficient (Wildman–Crippen LogP) is -0.0691. The van der Waals surface area contributed by atoms with Crippen LogP contribution in [0.25, 0.3) is 0 Å². The van der Waals surface area contributed by atoms with E-state index < -0.39 is 28.6 Å². The zero-order chi connectivity index (χ0) is 11.2. The monoisotopic (exact) mass is 244 g/mol. The lowest BCUT2D eigenvalue weighted by atomic mass is 10.6. The summed E-state index contributed by atoms with van der Waals surface area (Å²) in [6.45, 7) is -0.140. The van der Waals surface area contributed by atoms with Crippen LogP contribution in [0.5, 0.6) is 0 Å². The second kappa shape index (κ2) is 5.64. The molecule has 0 fully saturated rings. The average Bonchev–Trinajstić information content (AvgIpc) is 1.93. The minimum Gasteiger partial charge on any atom is -0.384 e. The fourth-order valence-corrected chi connectivity index (χ4v) is 2.38. The Morgan fingerprint density at radius 3 is 2.29 bits per heavy atom. The molecule has 0 saturated heterocycles. The van der Waals surface area contributed by atoms with Gasteiger partial charge in [-0.25, -0.2) is 8.88 Å². The van der Waals surface area contributed by atoms with Crippen molar-refractivity contribution in [1.29, 1.82) is 0 Å². The number of aliphatic hydroxyl groups is 1. The van der Waals surface area contributed by atoms with Crippen molar-refractivity contribution >= 4 is 15.4 Å². The Hall–Kier alpha value is -0.180. The van der Waals surface area contributed by atoms with Gasteiger partial charge < -0.3 is 14.9 Å². The molecule has 9 heteroatoms. The van der Waals surface area contributed by atoms with Crippen molar-refractivity contribution in [3.05, 3.63) is 0 Å². The molecule has 14 heavy (non-hydrogen) atoms. The molecule has 0 aromatic heterocycles. The Kier molecular flexibility index (Phi) is 5.57. The van der Waals surface area contributed by atoms with Gasteiger partial charge in [0.2, 0.25) is 0 Å². The fraction of sp³-hybridized carbons (Fsp3) is 0.600. The molecule has 0 aliphatic rings. The second-order valence-electron chi connectivity index (χ2n) is 2.14. The van der Waals surface area contributed by atoms with Crippen molar-refractivity contribution in [2.24, 2.45) is 0 Å². The van der Waals surface area contributed by atoms with Crippen molar-refractivity contribution in [2.75, 3.05) is 19.9 Å². The Balaban J connectivity index is 4.09. The number of phosphoric acid groups is 1. The van der Waals surface area contributed by atoms with Gasteiger partial charge in [0.1, 0.15) is 13.2 Å². The van der Waals surface area contributed by atoms with Gasteiger partial charge in [0.05, 0.1) is 0 Å². The Labute approximate surface area is 80.8 Å². The van der Waals surface area contributed by atoms with Gasteiger partial charge in [-0.3, -0.25) is 9.09 Å². The summed E-state index contributed by atoms with van der Waals surface area (Å²) >= 11 is 0. The van der Waals surface area contributed by atoms with Crippen molar-refractivity contribution < 1.29 is 32.9 Å². The van der Waals surface area contributed by atoms with Crippen molar-refractivity contribution in [1.82, 2.24) is 0 Å². The highest BCUT2D eigenvalue weighted by molar-refractivity contribution is 7.63. The number of aliphatic hydroxyl groups excluding tert-OH is 1. The average molecular weight is 244 g/mol. The summed E-state index contributed by atoms with van der Waals surface area (Å²) in [6, 6.07) is 0. The van der Waals surface area contributed by atoms with E-state index in [1.165, 1.54) is 0 Å². The van der Waals surface area contributed by atoms with Crippen molar-refractivity contribution in [3.8, 4) is 11.8 Å². The van der Waals surface area contributed by atoms with Crippen LogP contribution in [-0.2, 0) is 18.0 Å². The first-order chi connectivity index (χ1) is 6.27. The largest absolute Gasteiger partial charge is 0.480 e. The standard InChI is InChI=1S/C5H10O7P2/c1-13(7,8)12-14(9,10)11-5-3-2-4-6/h6H,4-5H2,1H3,(H,7,8)(H,9,10). The lowest BCUT2D eigenvalue weighted by Crippen LogP contribution is -1.94. The fourth-order valence-electron chi connectivity index (χ4n) is 0.436. The van der Waals surface area contributed by atoms with Crippen LogP contribution in [0.1, 0.15) is 0 Å². The van der Waals surface area contributed by atoms with Gasteiger partial charge in [-0.15, -0.1) is 0 Å². The smallest absolute Gasteiger partial charge is 0.384 e. The molecule has 0 saturated carbocycles. The summed E-state index contributed by atoms with van der Waals surface area (Å²) in [7, 11) is -8.63. The first kappa shape index (κ1) is 13.8. The first-order valence-corrected chi connectivity index (χ1v) is 6.84. The molecule has 0 heterocycles. The summed E-state index contributed by atoms with van der Waals surface area (Å²) in [4.78, 5) is 17.4. The maximum atomic E-state index is 10.8. The van der Waals surface area contributed by atoms with E-state index in [0.717, 1.165) is 6.66 Å². The molecule has 2 atom stereocenters. The Morgan fingerprint density at radius 2 is 1.86 bits per heavy atom. The quantitative estimate of drug-likeness (QED) is 0.468. The van der Waals surface area contributed by atoms with E-state index in [0.29, 0.717) is 0 Å². The summed E-state index contributed by atoms with van der Waals surface area (Å²) in [5.74, 6) is 4.32. The van der Waals surface area contributed by atoms with E-state index in [-0.39, 0.29) is 0 Å². The molecule has 0 aromatic rings. The van der Waals surface area contributed by atoms with Crippen LogP contribution in [0.2, 0.25) is 0 Å². The molecular weight excluding hydrogens is 234 g/mol. The normalized spacial score (nSPS) is 18.9. The van der Waals surface area contributed by atoms with Crippen molar-refractivity contribution in [3.63, 3.8) is 0 Å². The zero-order valence-electron chi connectivity index (χ0n) is 7.28. The molecule has 7 nitrogen and oxygen atoms in total. The van der Waals surface area contributed by atoms with E-state index in [2.05, 4.69) is 20.7 Å². The minimum absolute atomic E-state index is 0.410. The molecule has 0 amide bonds. The third-order valence-corrected chi connectivity index (χ3v) is 3.25. The number of rotatable bonds is 4. The van der Waals surface area contributed by atoms with Crippen LogP contribution in [0.3, 0.4) is 0 Å². The molecule has 0 bridgehead atoms. The van der Waals surface area contributed by atoms with Gasteiger partial charge in [0.15, 0.2) is 0 Å². The zero-order valence-corrected chi connectivity index (χ0v) is 9.07.